The summed E-state index contributed by atoms with van der Waals surface area (Å²) in [6.07, 6.45) is -4.60. The minimum Gasteiger partial charge on any atom is -0.335 e. The number of amides is 3. The molecule has 7 nitrogen and oxygen atoms in total. The second kappa shape index (κ2) is 7.24. The molecule has 0 spiro atoms. The summed E-state index contributed by atoms with van der Waals surface area (Å²) in [6.45, 7) is 1.34. The number of thiophene rings is 1. The van der Waals surface area contributed by atoms with Crippen molar-refractivity contribution in [1.29, 1.82) is 0 Å². The SMILES string of the molecule is Cc1cc(C(F)(F)F)cc(N2C(=O)NCC2C(=O)N(C)c2ccc3sccc3n2)n1. The Balaban J connectivity index is 1.67. The van der Waals surface area contributed by atoms with Crippen LogP contribution in [0.25, 0.3) is 10.2 Å². The number of halogens is 3. The van der Waals surface area contributed by atoms with Crippen LogP contribution < -0.4 is 15.1 Å². The van der Waals surface area contributed by atoms with Crippen LogP contribution in [0.15, 0.2) is 35.7 Å². The van der Waals surface area contributed by atoms with Crippen LogP contribution in [0.2, 0.25) is 0 Å². The smallest absolute Gasteiger partial charge is 0.335 e. The fourth-order valence-electron chi connectivity index (χ4n) is 3.27. The van der Waals surface area contributed by atoms with Gasteiger partial charge in [-0.25, -0.2) is 14.8 Å². The molecule has 0 radical (unpaired) electrons. The Morgan fingerprint density at radius 1 is 1.27 bits per heavy atom. The van der Waals surface area contributed by atoms with E-state index in [2.05, 4.69) is 15.3 Å². The number of aromatic nitrogens is 2. The van der Waals surface area contributed by atoms with Gasteiger partial charge in [0.25, 0.3) is 5.91 Å². The third kappa shape index (κ3) is 3.56. The Hall–Kier alpha value is -3.21. The van der Waals surface area contributed by atoms with Gasteiger partial charge < -0.3 is 5.32 Å². The second-order valence-electron chi connectivity index (χ2n) is 6.80. The highest BCUT2D eigenvalue weighted by Gasteiger charge is 2.41. The van der Waals surface area contributed by atoms with Gasteiger partial charge >= 0.3 is 12.2 Å². The van der Waals surface area contributed by atoms with Crippen LogP contribution in [0.4, 0.5) is 29.6 Å². The van der Waals surface area contributed by atoms with Crippen LogP contribution in [0.1, 0.15) is 11.3 Å². The van der Waals surface area contributed by atoms with Crippen LogP contribution >= 0.6 is 11.3 Å². The molecule has 3 aromatic heterocycles. The van der Waals surface area contributed by atoms with Crippen molar-refractivity contribution in [3.63, 3.8) is 0 Å². The third-order valence-electron chi connectivity index (χ3n) is 4.74. The first-order valence-electron chi connectivity index (χ1n) is 8.90. The Morgan fingerprint density at radius 3 is 2.77 bits per heavy atom. The molecule has 4 heterocycles. The molecule has 1 saturated heterocycles. The standard InChI is InChI=1S/C19H16F3N5O2S/c1-10-7-11(19(20,21)22)8-16(24-10)27-13(9-23-18(27)29)17(28)26(2)15-4-3-14-12(25-15)5-6-30-14/h3-8,13H,9H2,1-2H3,(H,23,29). The zero-order valence-electron chi connectivity index (χ0n) is 15.9. The Bertz CT molecular complexity index is 1150. The van der Waals surface area contributed by atoms with E-state index in [4.69, 9.17) is 0 Å². The first-order chi connectivity index (χ1) is 14.1. The number of anilines is 2. The number of pyridine rings is 2. The number of nitrogens with one attached hydrogen (secondary N) is 1. The lowest BCUT2D eigenvalue weighted by atomic mass is 10.2. The maximum absolute atomic E-state index is 13.2. The lowest BCUT2D eigenvalue weighted by Gasteiger charge is -2.26. The van der Waals surface area contributed by atoms with Crippen molar-refractivity contribution in [2.45, 2.75) is 19.1 Å². The Kier molecular flexibility index (Phi) is 4.85. The molecule has 1 aliphatic heterocycles. The molecular weight excluding hydrogens is 419 g/mol. The van der Waals surface area contributed by atoms with Gasteiger partial charge in [0.05, 0.1) is 15.8 Å². The van der Waals surface area contributed by atoms with Gasteiger partial charge in [0.2, 0.25) is 0 Å². The maximum Gasteiger partial charge on any atom is 0.416 e. The molecule has 1 N–H and O–H groups in total. The summed E-state index contributed by atoms with van der Waals surface area (Å²) in [7, 11) is 1.51. The number of hydrogen-bond acceptors (Lipinski definition) is 5. The van der Waals surface area contributed by atoms with Gasteiger partial charge in [-0.05, 0) is 42.6 Å². The van der Waals surface area contributed by atoms with Gasteiger partial charge in [-0.1, -0.05) is 0 Å². The van der Waals surface area contributed by atoms with E-state index in [-0.39, 0.29) is 18.1 Å². The van der Waals surface area contributed by atoms with E-state index >= 15 is 0 Å². The van der Waals surface area contributed by atoms with E-state index in [0.717, 1.165) is 27.2 Å². The number of carbonyl (C=O) groups is 2. The summed E-state index contributed by atoms with van der Waals surface area (Å²) in [5.41, 5.74) is -0.123. The molecule has 1 fully saturated rings. The first kappa shape index (κ1) is 20.1. The number of aryl methyl sites for hydroxylation is 1. The van der Waals surface area contributed by atoms with Crippen LogP contribution in [-0.4, -0.2) is 41.5 Å². The predicted octanol–water partition coefficient (Wildman–Crippen LogP) is 3.58. The van der Waals surface area contributed by atoms with Crippen LogP contribution in [0.3, 0.4) is 0 Å². The Morgan fingerprint density at radius 2 is 2.03 bits per heavy atom. The monoisotopic (exact) mass is 435 g/mol. The largest absolute Gasteiger partial charge is 0.416 e. The summed E-state index contributed by atoms with van der Waals surface area (Å²) >= 11 is 1.52. The fourth-order valence-corrected chi connectivity index (χ4v) is 3.99. The van der Waals surface area contributed by atoms with E-state index < -0.39 is 29.7 Å². The van der Waals surface area contributed by atoms with Crippen molar-refractivity contribution in [3.8, 4) is 0 Å². The van der Waals surface area contributed by atoms with E-state index in [1.54, 1.807) is 6.07 Å². The average Bonchev–Trinajstić information content (AvgIpc) is 3.31. The average molecular weight is 435 g/mol. The highest BCUT2D eigenvalue weighted by molar-refractivity contribution is 7.17. The molecule has 3 aromatic rings. The molecule has 156 valence electrons. The minimum absolute atomic E-state index is 0.0559. The first-order valence-corrected chi connectivity index (χ1v) is 9.78. The molecule has 3 amide bonds. The van der Waals surface area contributed by atoms with E-state index in [0.29, 0.717) is 5.82 Å². The predicted molar refractivity (Wildman–Crippen MR) is 107 cm³/mol. The Labute approximate surface area is 173 Å². The number of nitrogens with zero attached hydrogens (tertiary/aromatic N) is 4. The van der Waals surface area contributed by atoms with Crippen molar-refractivity contribution in [2.75, 3.05) is 23.4 Å². The molecule has 1 atom stereocenters. The van der Waals surface area contributed by atoms with Gasteiger partial charge in [-0.15, -0.1) is 11.3 Å². The van der Waals surface area contributed by atoms with Crippen LogP contribution in [0, 0.1) is 6.92 Å². The van der Waals surface area contributed by atoms with Crippen LogP contribution in [0.5, 0.6) is 0 Å². The number of alkyl halides is 3. The highest BCUT2D eigenvalue weighted by atomic mass is 32.1. The van der Waals surface area contributed by atoms with Gasteiger partial charge in [-0.2, -0.15) is 13.2 Å². The summed E-state index contributed by atoms with van der Waals surface area (Å²) < 4.78 is 40.6. The van der Waals surface area contributed by atoms with E-state index in [1.807, 2.05) is 17.5 Å². The summed E-state index contributed by atoms with van der Waals surface area (Å²) in [5, 5.41) is 4.39. The lowest BCUT2D eigenvalue weighted by molar-refractivity contribution is -0.137. The molecule has 30 heavy (non-hydrogen) atoms. The summed E-state index contributed by atoms with van der Waals surface area (Å²) in [5.74, 6) is -0.351. The van der Waals surface area contributed by atoms with Crippen molar-refractivity contribution in [1.82, 2.24) is 15.3 Å². The molecule has 0 aromatic carbocycles. The molecule has 0 saturated carbocycles. The fraction of sp³-hybridized carbons (Fsp3) is 0.263. The molecule has 4 rings (SSSR count). The normalized spacial score (nSPS) is 16.8. The molecule has 0 aliphatic carbocycles. The number of urea groups is 1. The van der Waals surface area contributed by atoms with Crippen molar-refractivity contribution in [3.05, 3.63) is 47.0 Å². The highest BCUT2D eigenvalue weighted by Crippen LogP contribution is 2.33. The molecule has 0 bridgehead atoms. The number of likely N-dealkylation sites (N-methyl/N-ethyl adjacent to an activating group) is 1. The number of hydrogen-bond donors (Lipinski definition) is 1. The van der Waals surface area contributed by atoms with Gasteiger partial charge in [0.1, 0.15) is 17.7 Å². The molecule has 1 unspecified atom stereocenters. The quantitative estimate of drug-likeness (QED) is 0.682. The lowest BCUT2D eigenvalue weighted by Crippen LogP contribution is -2.47. The summed E-state index contributed by atoms with van der Waals surface area (Å²) in [4.78, 5) is 36.2. The van der Waals surface area contributed by atoms with Gasteiger partial charge in [0, 0.05) is 19.3 Å². The van der Waals surface area contributed by atoms with Crippen molar-refractivity contribution >= 4 is 45.1 Å². The zero-order valence-corrected chi connectivity index (χ0v) is 16.7. The van der Waals surface area contributed by atoms with E-state index in [1.165, 1.54) is 30.2 Å². The van der Waals surface area contributed by atoms with Gasteiger partial charge in [-0.3, -0.25) is 14.6 Å². The molecule has 11 heteroatoms. The van der Waals surface area contributed by atoms with Gasteiger partial charge in [0.15, 0.2) is 0 Å². The third-order valence-corrected chi connectivity index (χ3v) is 5.61. The summed E-state index contributed by atoms with van der Waals surface area (Å²) in [6, 6.07) is 5.25. The van der Waals surface area contributed by atoms with Crippen molar-refractivity contribution < 1.29 is 22.8 Å². The maximum atomic E-state index is 13.2. The van der Waals surface area contributed by atoms with Crippen molar-refractivity contribution in [2.24, 2.45) is 0 Å². The second-order valence-corrected chi connectivity index (χ2v) is 7.74. The minimum atomic E-state index is -4.60. The number of carbonyl (C=O) groups excluding carboxylic acids is 2. The van der Waals surface area contributed by atoms with E-state index in [9.17, 15) is 22.8 Å². The van der Waals surface area contributed by atoms with Crippen LogP contribution in [-0.2, 0) is 11.0 Å². The topological polar surface area (TPSA) is 78.4 Å². The molecular formula is C19H16F3N5O2S. The molecule has 1 aliphatic rings. The number of fused-ring (bicyclic) bond motifs is 1. The zero-order chi connectivity index (χ0) is 21.6. The number of rotatable bonds is 3.